The molecule has 23 heavy (non-hydrogen) atoms. The first-order valence-corrected chi connectivity index (χ1v) is 8.51. The van der Waals surface area contributed by atoms with E-state index in [4.69, 9.17) is 5.73 Å². The van der Waals surface area contributed by atoms with E-state index in [0.717, 1.165) is 47.6 Å². The standard InChI is InChI=1S/C17H23BrN4.ClH/c1-17(2)11-22(8-7-15(17)19)10-16-20-9-14(21-16)12-3-5-13(18)6-4-12;/h3-6,9,15H,7-8,10-11,19H2,1-2H3,(H,20,21);1H. The van der Waals surface area contributed by atoms with Crippen molar-refractivity contribution in [3.8, 4) is 11.3 Å². The Morgan fingerprint density at radius 3 is 2.70 bits per heavy atom. The number of benzene rings is 1. The number of nitrogens with zero attached hydrogens (tertiary/aromatic N) is 2. The van der Waals surface area contributed by atoms with Crippen molar-refractivity contribution in [3.05, 3.63) is 40.8 Å². The normalized spacial score (nSPS) is 21.0. The fourth-order valence-electron chi connectivity index (χ4n) is 3.05. The molecule has 1 saturated heterocycles. The molecular weight excluding hydrogens is 376 g/mol. The lowest BCUT2D eigenvalue weighted by Crippen LogP contribution is -2.52. The Morgan fingerprint density at radius 1 is 1.35 bits per heavy atom. The lowest BCUT2D eigenvalue weighted by molar-refractivity contribution is 0.0880. The second-order valence-electron chi connectivity index (χ2n) is 6.84. The minimum atomic E-state index is 0. The zero-order valence-corrected chi connectivity index (χ0v) is 16.0. The van der Waals surface area contributed by atoms with Crippen molar-refractivity contribution in [1.29, 1.82) is 0 Å². The summed E-state index contributed by atoms with van der Waals surface area (Å²) in [5, 5.41) is 0. The molecule has 2 aromatic rings. The Morgan fingerprint density at radius 2 is 2.04 bits per heavy atom. The van der Waals surface area contributed by atoms with Crippen LogP contribution in [0.3, 0.4) is 0 Å². The Labute approximate surface area is 152 Å². The van der Waals surface area contributed by atoms with E-state index in [1.165, 1.54) is 0 Å². The summed E-state index contributed by atoms with van der Waals surface area (Å²) in [7, 11) is 0. The highest BCUT2D eigenvalue weighted by atomic mass is 79.9. The minimum Gasteiger partial charge on any atom is -0.341 e. The van der Waals surface area contributed by atoms with Gasteiger partial charge in [0, 0.05) is 23.6 Å². The van der Waals surface area contributed by atoms with E-state index in [1.54, 1.807) is 0 Å². The summed E-state index contributed by atoms with van der Waals surface area (Å²) < 4.78 is 1.09. The summed E-state index contributed by atoms with van der Waals surface area (Å²) in [6, 6.07) is 8.56. The topological polar surface area (TPSA) is 57.9 Å². The van der Waals surface area contributed by atoms with Gasteiger partial charge in [-0.15, -0.1) is 12.4 Å². The fraction of sp³-hybridized carbons (Fsp3) is 0.471. The van der Waals surface area contributed by atoms with Crippen molar-refractivity contribution in [3.63, 3.8) is 0 Å². The number of likely N-dealkylation sites (tertiary alicyclic amines) is 1. The van der Waals surface area contributed by atoms with Gasteiger partial charge in [0.05, 0.1) is 18.4 Å². The maximum absolute atomic E-state index is 6.21. The fourth-order valence-corrected chi connectivity index (χ4v) is 3.32. The van der Waals surface area contributed by atoms with Crippen LogP contribution in [0.25, 0.3) is 11.3 Å². The Kier molecular flexibility index (Phi) is 5.89. The Hall–Kier alpha value is -0.880. The van der Waals surface area contributed by atoms with Crippen LogP contribution in [-0.4, -0.2) is 34.0 Å². The zero-order valence-electron chi connectivity index (χ0n) is 13.6. The van der Waals surface area contributed by atoms with Gasteiger partial charge in [-0.3, -0.25) is 4.90 Å². The van der Waals surface area contributed by atoms with Gasteiger partial charge in [0.25, 0.3) is 0 Å². The van der Waals surface area contributed by atoms with Gasteiger partial charge >= 0.3 is 0 Å². The molecule has 1 unspecified atom stereocenters. The van der Waals surface area contributed by atoms with Crippen LogP contribution in [-0.2, 0) is 6.54 Å². The van der Waals surface area contributed by atoms with Crippen LogP contribution < -0.4 is 5.73 Å². The highest BCUT2D eigenvalue weighted by Crippen LogP contribution is 2.28. The van der Waals surface area contributed by atoms with E-state index in [0.29, 0.717) is 6.04 Å². The van der Waals surface area contributed by atoms with E-state index in [1.807, 2.05) is 18.3 Å². The van der Waals surface area contributed by atoms with E-state index in [-0.39, 0.29) is 17.8 Å². The third-order valence-corrected chi connectivity index (χ3v) is 5.08. The largest absolute Gasteiger partial charge is 0.341 e. The SMILES string of the molecule is CC1(C)CN(Cc2ncc(-c3ccc(Br)cc3)[nH]2)CCC1N.Cl. The number of aromatic nitrogens is 2. The summed E-state index contributed by atoms with van der Waals surface area (Å²) in [5.74, 6) is 1.02. The van der Waals surface area contributed by atoms with Crippen LogP contribution in [0.4, 0.5) is 0 Å². The number of hydrogen-bond acceptors (Lipinski definition) is 3. The van der Waals surface area contributed by atoms with Gasteiger partial charge in [0.1, 0.15) is 5.82 Å². The molecule has 0 saturated carbocycles. The zero-order chi connectivity index (χ0) is 15.7. The number of piperidine rings is 1. The first kappa shape index (κ1) is 18.5. The van der Waals surface area contributed by atoms with Crippen molar-refractivity contribution in [2.24, 2.45) is 11.1 Å². The van der Waals surface area contributed by atoms with E-state index in [9.17, 15) is 0 Å². The molecule has 0 radical (unpaired) electrons. The van der Waals surface area contributed by atoms with Gasteiger partial charge in [-0.05, 0) is 29.5 Å². The summed E-state index contributed by atoms with van der Waals surface area (Å²) in [6.07, 6.45) is 2.96. The second kappa shape index (κ2) is 7.34. The predicted octanol–water partition coefficient (Wildman–Crippen LogP) is 3.82. The molecule has 2 heterocycles. The number of hydrogen-bond donors (Lipinski definition) is 2. The van der Waals surface area contributed by atoms with Crippen molar-refractivity contribution < 1.29 is 0 Å². The molecule has 1 atom stereocenters. The maximum atomic E-state index is 6.21. The quantitative estimate of drug-likeness (QED) is 0.825. The summed E-state index contributed by atoms with van der Waals surface area (Å²) in [5.41, 5.74) is 8.59. The second-order valence-corrected chi connectivity index (χ2v) is 7.76. The molecule has 1 aliphatic heterocycles. The lowest BCUT2D eigenvalue weighted by Gasteiger charge is -2.42. The molecule has 1 aromatic heterocycles. The summed E-state index contributed by atoms with van der Waals surface area (Å²) >= 11 is 3.46. The van der Waals surface area contributed by atoms with Gasteiger partial charge in [-0.25, -0.2) is 4.98 Å². The first-order valence-electron chi connectivity index (χ1n) is 7.72. The van der Waals surface area contributed by atoms with E-state index >= 15 is 0 Å². The summed E-state index contributed by atoms with van der Waals surface area (Å²) in [4.78, 5) is 10.4. The van der Waals surface area contributed by atoms with E-state index in [2.05, 4.69) is 56.8 Å². The van der Waals surface area contributed by atoms with E-state index < -0.39 is 0 Å². The number of nitrogens with one attached hydrogen (secondary N) is 1. The molecule has 0 amide bonds. The third kappa shape index (κ3) is 4.35. The van der Waals surface area contributed by atoms with Crippen LogP contribution in [0.15, 0.2) is 34.9 Å². The van der Waals surface area contributed by atoms with Crippen molar-refractivity contribution >= 4 is 28.3 Å². The molecule has 4 nitrogen and oxygen atoms in total. The molecule has 0 spiro atoms. The van der Waals surface area contributed by atoms with Crippen molar-refractivity contribution in [2.45, 2.75) is 32.9 Å². The lowest BCUT2D eigenvalue weighted by atomic mass is 9.80. The van der Waals surface area contributed by atoms with Gasteiger partial charge in [0.15, 0.2) is 0 Å². The molecule has 1 aliphatic rings. The van der Waals surface area contributed by atoms with Crippen LogP contribution in [0, 0.1) is 5.41 Å². The van der Waals surface area contributed by atoms with Crippen molar-refractivity contribution in [2.75, 3.05) is 13.1 Å². The molecule has 126 valence electrons. The molecule has 1 aromatic carbocycles. The molecule has 3 N–H and O–H groups in total. The first-order chi connectivity index (χ1) is 10.4. The van der Waals surface area contributed by atoms with Crippen LogP contribution in [0.5, 0.6) is 0 Å². The number of rotatable bonds is 3. The average molecular weight is 400 g/mol. The third-order valence-electron chi connectivity index (χ3n) is 4.55. The molecular formula is C17H24BrClN4. The highest BCUT2D eigenvalue weighted by molar-refractivity contribution is 9.10. The maximum Gasteiger partial charge on any atom is 0.120 e. The van der Waals surface area contributed by atoms with Crippen LogP contribution in [0.1, 0.15) is 26.1 Å². The molecule has 1 fully saturated rings. The molecule has 0 aliphatic carbocycles. The Balaban J connectivity index is 0.00000192. The van der Waals surface area contributed by atoms with Crippen molar-refractivity contribution in [1.82, 2.24) is 14.9 Å². The van der Waals surface area contributed by atoms with Gasteiger partial charge in [-0.2, -0.15) is 0 Å². The van der Waals surface area contributed by atoms with Gasteiger partial charge < -0.3 is 10.7 Å². The van der Waals surface area contributed by atoms with Gasteiger partial charge in [-0.1, -0.05) is 41.9 Å². The minimum absolute atomic E-state index is 0. The molecule has 6 heteroatoms. The van der Waals surface area contributed by atoms with Crippen LogP contribution in [0.2, 0.25) is 0 Å². The van der Waals surface area contributed by atoms with Gasteiger partial charge in [0.2, 0.25) is 0 Å². The highest BCUT2D eigenvalue weighted by Gasteiger charge is 2.33. The number of H-pyrrole nitrogens is 1. The number of aromatic amines is 1. The predicted molar refractivity (Wildman–Crippen MR) is 101 cm³/mol. The van der Waals surface area contributed by atoms with Crippen LogP contribution >= 0.6 is 28.3 Å². The molecule has 3 rings (SSSR count). The molecule has 0 bridgehead atoms. The summed E-state index contributed by atoms with van der Waals surface area (Å²) in [6.45, 7) is 7.41. The number of halogens is 2. The monoisotopic (exact) mass is 398 g/mol. The number of nitrogens with two attached hydrogens (primary N) is 1. The smallest absolute Gasteiger partial charge is 0.120 e. The average Bonchev–Trinajstić information content (AvgIpc) is 2.92. The number of imidazole rings is 1. The Bertz CT molecular complexity index is 638.